The SMILES string of the molecule is COc1ccc(C)cc1NC(=O)[C@H](Sc1nc2ccccc2[nH]1)c1ccccc1. The van der Waals surface area contributed by atoms with Crippen LogP contribution in [0.3, 0.4) is 0 Å². The standard InChI is InChI=1S/C23H21N3O2S/c1-15-12-13-20(28-2)19(14-15)24-22(27)21(16-8-4-3-5-9-16)29-23-25-17-10-6-7-11-18(17)26-23/h3-14,21H,1-2H3,(H,24,27)(H,25,26)/t21-/m1/s1. The van der Waals surface area contributed by atoms with Gasteiger partial charge in [-0.25, -0.2) is 4.98 Å². The number of imidazole rings is 1. The molecule has 0 saturated heterocycles. The van der Waals surface area contributed by atoms with Gasteiger partial charge in [-0.2, -0.15) is 0 Å². The molecule has 146 valence electrons. The smallest absolute Gasteiger partial charge is 0.242 e. The molecule has 1 aromatic heterocycles. The van der Waals surface area contributed by atoms with Crippen LogP contribution in [0, 0.1) is 6.92 Å². The second-order valence-electron chi connectivity index (χ2n) is 6.66. The van der Waals surface area contributed by atoms with E-state index in [4.69, 9.17) is 4.74 Å². The first kappa shape index (κ1) is 19.1. The van der Waals surface area contributed by atoms with Crippen molar-refractivity contribution in [2.75, 3.05) is 12.4 Å². The molecule has 2 N–H and O–H groups in total. The van der Waals surface area contributed by atoms with Crippen molar-refractivity contribution in [2.45, 2.75) is 17.3 Å². The number of hydrogen-bond acceptors (Lipinski definition) is 4. The first-order chi connectivity index (χ1) is 14.1. The minimum absolute atomic E-state index is 0.134. The van der Waals surface area contributed by atoms with E-state index < -0.39 is 5.25 Å². The topological polar surface area (TPSA) is 67.0 Å². The molecular formula is C23H21N3O2S. The highest BCUT2D eigenvalue weighted by molar-refractivity contribution is 8.00. The number of aromatic amines is 1. The molecule has 0 aliphatic carbocycles. The van der Waals surface area contributed by atoms with Crippen molar-refractivity contribution in [1.29, 1.82) is 0 Å². The highest BCUT2D eigenvalue weighted by Gasteiger charge is 2.24. The molecule has 6 heteroatoms. The van der Waals surface area contributed by atoms with Crippen molar-refractivity contribution >= 4 is 34.4 Å². The number of rotatable bonds is 6. The molecule has 0 saturated carbocycles. The fraction of sp³-hybridized carbons (Fsp3) is 0.130. The number of anilines is 1. The second kappa shape index (κ2) is 8.41. The van der Waals surface area contributed by atoms with Crippen LogP contribution in [0.2, 0.25) is 0 Å². The number of H-pyrrole nitrogens is 1. The van der Waals surface area contributed by atoms with Gasteiger partial charge in [0.05, 0.1) is 23.8 Å². The van der Waals surface area contributed by atoms with E-state index in [2.05, 4.69) is 15.3 Å². The van der Waals surface area contributed by atoms with Crippen molar-refractivity contribution in [3.8, 4) is 5.75 Å². The lowest BCUT2D eigenvalue weighted by Crippen LogP contribution is -2.19. The van der Waals surface area contributed by atoms with Crippen LogP contribution in [0.5, 0.6) is 5.75 Å². The van der Waals surface area contributed by atoms with Crippen LogP contribution in [0.4, 0.5) is 5.69 Å². The number of amides is 1. The first-order valence-electron chi connectivity index (χ1n) is 9.26. The normalized spacial score (nSPS) is 11.9. The number of carbonyl (C=O) groups excluding carboxylic acids is 1. The summed E-state index contributed by atoms with van der Waals surface area (Å²) in [6.07, 6.45) is 0. The zero-order chi connectivity index (χ0) is 20.2. The Morgan fingerprint density at radius 1 is 1.07 bits per heavy atom. The second-order valence-corrected chi connectivity index (χ2v) is 7.75. The van der Waals surface area contributed by atoms with E-state index in [0.29, 0.717) is 16.6 Å². The molecule has 0 radical (unpaired) electrons. The summed E-state index contributed by atoms with van der Waals surface area (Å²) in [7, 11) is 1.60. The van der Waals surface area contributed by atoms with E-state index in [-0.39, 0.29) is 5.91 Å². The molecule has 0 bridgehead atoms. The maximum Gasteiger partial charge on any atom is 0.242 e. The molecule has 1 atom stereocenters. The van der Waals surface area contributed by atoms with Crippen molar-refractivity contribution in [3.05, 3.63) is 83.9 Å². The van der Waals surface area contributed by atoms with E-state index >= 15 is 0 Å². The molecule has 0 fully saturated rings. The van der Waals surface area contributed by atoms with Gasteiger partial charge in [-0.15, -0.1) is 0 Å². The van der Waals surface area contributed by atoms with Crippen LogP contribution in [0.1, 0.15) is 16.4 Å². The van der Waals surface area contributed by atoms with Gasteiger partial charge >= 0.3 is 0 Å². The zero-order valence-corrected chi connectivity index (χ0v) is 17.0. The highest BCUT2D eigenvalue weighted by Crippen LogP contribution is 2.36. The van der Waals surface area contributed by atoms with Crippen LogP contribution in [-0.2, 0) is 4.79 Å². The molecule has 5 nitrogen and oxygen atoms in total. The number of ether oxygens (including phenoxy) is 1. The number of methoxy groups -OCH3 is 1. The Morgan fingerprint density at radius 3 is 2.59 bits per heavy atom. The molecule has 0 spiro atoms. The van der Waals surface area contributed by atoms with Crippen molar-refractivity contribution in [2.24, 2.45) is 0 Å². The van der Waals surface area contributed by atoms with Gasteiger partial charge in [0.1, 0.15) is 11.0 Å². The summed E-state index contributed by atoms with van der Waals surface area (Å²) in [5.41, 5.74) is 4.43. The van der Waals surface area contributed by atoms with Crippen molar-refractivity contribution < 1.29 is 9.53 Å². The van der Waals surface area contributed by atoms with E-state index in [1.807, 2.05) is 79.7 Å². The quantitative estimate of drug-likeness (QED) is 0.426. The van der Waals surface area contributed by atoms with Gasteiger partial charge in [0.25, 0.3) is 0 Å². The monoisotopic (exact) mass is 403 g/mol. The van der Waals surface area contributed by atoms with Crippen LogP contribution in [-0.4, -0.2) is 23.0 Å². The number of nitrogens with zero attached hydrogens (tertiary/aromatic N) is 1. The molecule has 3 aromatic carbocycles. The van der Waals surface area contributed by atoms with Gasteiger partial charge in [0.2, 0.25) is 5.91 Å². The molecular weight excluding hydrogens is 382 g/mol. The number of nitrogens with one attached hydrogen (secondary N) is 2. The molecule has 0 aliphatic heterocycles. The van der Waals surface area contributed by atoms with E-state index in [1.54, 1.807) is 7.11 Å². The Kier molecular flexibility index (Phi) is 5.53. The number of aryl methyl sites for hydroxylation is 1. The number of fused-ring (bicyclic) bond motifs is 1. The summed E-state index contributed by atoms with van der Waals surface area (Å²) in [6.45, 7) is 1.98. The highest BCUT2D eigenvalue weighted by atomic mass is 32.2. The lowest BCUT2D eigenvalue weighted by Gasteiger charge is -2.17. The minimum atomic E-state index is -0.470. The van der Waals surface area contributed by atoms with E-state index in [0.717, 1.165) is 22.2 Å². The summed E-state index contributed by atoms with van der Waals surface area (Å²) < 4.78 is 5.40. The molecule has 0 unspecified atom stereocenters. The molecule has 4 aromatic rings. The maximum absolute atomic E-state index is 13.3. The van der Waals surface area contributed by atoms with E-state index in [1.165, 1.54) is 11.8 Å². The zero-order valence-electron chi connectivity index (χ0n) is 16.2. The number of carbonyl (C=O) groups is 1. The van der Waals surface area contributed by atoms with Crippen LogP contribution in [0.25, 0.3) is 11.0 Å². The summed E-state index contributed by atoms with van der Waals surface area (Å²) in [6, 6.07) is 23.3. The van der Waals surface area contributed by atoms with Crippen LogP contribution < -0.4 is 10.1 Å². The van der Waals surface area contributed by atoms with Gasteiger partial charge in [0, 0.05) is 0 Å². The average Bonchev–Trinajstić information content (AvgIpc) is 3.15. The van der Waals surface area contributed by atoms with Crippen molar-refractivity contribution in [3.63, 3.8) is 0 Å². The van der Waals surface area contributed by atoms with Gasteiger partial charge in [-0.05, 0) is 42.3 Å². The Hall–Kier alpha value is -3.25. The minimum Gasteiger partial charge on any atom is -0.495 e. The third-order valence-electron chi connectivity index (χ3n) is 4.55. The predicted octanol–water partition coefficient (Wildman–Crippen LogP) is 5.35. The number of aromatic nitrogens is 2. The van der Waals surface area contributed by atoms with Crippen LogP contribution in [0.15, 0.2) is 78.0 Å². The van der Waals surface area contributed by atoms with Gasteiger partial charge < -0.3 is 15.0 Å². The largest absolute Gasteiger partial charge is 0.495 e. The molecule has 0 aliphatic rings. The molecule has 1 amide bonds. The Morgan fingerprint density at radius 2 is 1.83 bits per heavy atom. The summed E-state index contributed by atoms with van der Waals surface area (Å²) in [5.74, 6) is 0.495. The number of benzene rings is 3. The van der Waals surface area contributed by atoms with Crippen LogP contribution >= 0.6 is 11.8 Å². The summed E-state index contributed by atoms with van der Waals surface area (Å²) in [5, 5.41) is 3.26. The third kappa shape index (κ3) is 4.27. The number of thioether (sulfide) groups is 1. The number of para-hydroxylation sites is 2. The van der Waals surface area contributed by atoms with Gasteiger partial charge in [-0.1, -0.05) is 60.3 Å². The molecule has 1 heterocycles. The Labute approximate surface area is 173 Å². The fourth-order valence-corrected chi connectivity index (χ4v) is 4.12. The first-order valence-corrected chi connectivity index (χ1v) is 10.1. The van der Waals surface area contributed by atoms with Gasteiger partial charge in [0.15, 0.2) is 5.16 Å². The van der Waals surface area contributed by atoms with Gasteiger partial charge in [-0.3, -0.25) is 4.79 Å². The van der Waals surface area contributed by atoms with Crippen molar-refractivity contribution in [1.82, 2.24) is 9.97 Å². The summed E-state index contributed by atoms with van der Waals surface area (Å²) in [4.78, 5) is 21.2. The number of hydrogen-bond donors (Lipinski definition) is 2. The average molecular weight is 404 g/mol. The Bertz CT molecular complexity index is 1110. The fourth-order valence-electron chi connectivity index (χ4n) is 3.12. The third-order valence-corrected chi connectivity index (χ3v) is 5.69. The summed E-state index contributed by atoms with van der Waals surface area (Å²) >= 11 is 1.39. The Balaban J connectivity index is 1.65. The maximum atomic E-state index is 13.3. The predicted molar refractivity (Wildman–Crippen MR) is 117 cm³/mol. The molecule has 29 heavy (non-hydrogen) atoms. The van der Waals surface area contributed by atoms with E-state index in [9.17, 15) is 4.79 Å². The molecule has 4 rings (SSSR count). The lowest BCUT2D eigenvalue weighted by molar-refractivity contribution is -0.115. The lowest BCUT2D eigenvalue weighted by atomic mass is 10.1.